The Morgan fingerprint density at radius 1 is 1.09 bits per heavy atom. The molecule has 0 saturated carbocycles. The van der Waals surface area contributed by atoms with E-state index in [4.69, 9.17) is 20.4 Å². The lowest BCUT2D eigenvalue weighted by molar-refractivity contribution is -0.384. The number of hydrogen-bond acceptors (Lipinski definition) is 9. The van der Waals surface area contributed by atoms with Gasteiger partial charge in [0.15, 0.2) is 5.96 Å². The van der Waals surface area contributed by atoms with Gasteiger partial charge in [-0.15, -0.1) is 0 Å². The van der Waals surface area contributed by atoms with Crippen molar-refractivity contribution in [1.82, 2.24) is 9.62 Å². The van der Waals surface area contributed by atoms with E-state index in [0.717, 1.165) is 22.0 Å². The van der Waals surface area contributed by atoms with Crippen molar-refractivity contribution in [1.29, 1.82) is 5.41 Å². The van der Waals surface area contributed by atoms with Crippen LogP contribution in [0.5, 0.6) is 0 Å². The summed E-state index contributed by atoms with van der Waals surface area (Å²) in [6.45, 7) is 3.04. The third-order valence-electron chi connectivity index (χ3n) is 6.93. The highest BCUT2D eigenvalue weighted by atomic mass is 127. The molecule has 17 heteroatoms. The van der Waals surface area contributed by atoms with Gasteiger partial charge in [-0.25, -0.2) is 8.42 Å². The number of halogens is 1. The van der Waals surface area contributed by atoms with Crippen LogP contribution in [0.25, 0.3) is 0 Å². The maximum atomic E-state index is 13.0. The van der Waals surface area contributed by atoms with Gasteiger partial charge in [-0.05, 0) is 90.7 Å². The van der Waals surface area contributed by atoms with Gasteiger partial charge in [-0.3, -0.25) is 24.9 Å². The standard InChI is InChI=1S/C22H26IN5O6S.C7H8O3S/c23-17-5-9-19(10-6-17)35(32,33)26-20(12-15-3-7-18(8-4-15)28(30)31)21(29)34-14-16-2-1-11-27(13-16)22(24)25;1-6-2-4-7(5-3-6)11(8,9)10/h3-10,16,20,26H,1-2,11-14H2,(H3,24,25);2-5H,1H3,(H,8,9,10)/t16-,20+;/m0./s1. The SMILES string of the molecule is Cc1ccc(S(=O)(=O)O)cc1.N=C(N)N1CCC[C@H](COC(=O)[C@@H](Cc2ccc([N+](=O)[O-])cc2)NS(=O)(=O)c2ccc(I)cc2)C1. The van der Waals surface area contributed by atoms with Gasteiger partial charge in [0.25, 0.3) is 15.8 Å². The molecule has 1 fully saturated rings. The molecule has 1 saturated heterocycles. The molecule has 1 aliphatic heterocycles. The van der Waals surface area contributed by atoms with Gasteiger partial charge in [0.2, 0.25) is 10.0 Å². The summed E-state index contributed by atoms with van der Waals surface area (Å²) >= 11 is 2.06. The topological polar surface area (TPSA) is 223 Å². The zero-order valence-electron chi connectivity index (χ0n) is 24.7. The lowest BCUT2D eigenvalue weighted by Crippen LogP contribution is -2.46. The number of nitrogens with one attached hydrogen (secondary N) is 2. The molecule has 4 rings (SSSR count). The van der Waals surface area contributed by atoms with Crippen molar-refractivity contribution in [2.45, 2.75) is 42.0 Å². The summed E-state index contributed by atoms with van der Waals surface area (Å²) in [5, 5.41) is 18.5. The monoisotopic (exact) mass is 787 g/mol. The van der Waals surface area contributed by atoms with Crippen LogP contribution in [0.3, 0.4) is 0 Å². The molecule has 0 aromatic heterocycles. The highest BCUT2D eigenvalue weighted by Crippen LogP contribution is 2.19. The Labute approximate surface area is 280 Å². The molecule has 2 atom stereocenters. The first-order chi connectivity index (χ1) is 21.5. The number of nitro benzene ring substituents is 1. The number of esters is 1. The Balaban J connectivity index is 0.000000441. The number of likely N-dealkylation sites (tertiary alicyclic amines) is 1. The number of carbonyl (C=O) groups excluding carboxylic acids is 1. The van der Waals surface area contributed by atoms with Gasteiger partial charge in [0, 0.05) is 34.7 Å². The van der Waals surface area contributed by atoms with E-state index in [-0.39, 0.29) is 40.4 Å². The minimum Gasteiger partial charge on any atom is -0.464 e. The summed E-state index contributed by atoms with van der Waals surface area (Å²) in [5.74, 6) is -0.829. The largest absolute Gasteiger partial charge is 0.464 e. The first-order valence-electron chi connectivity index (χ1n) is 13.9. The second-order valence-electron chi connectivity index (χ2n) is 10.5. The molecule has 248 valence electrons. The molecular formula is C29H34IN5O9S2. The summed E-state index contributed by atoms with van der Waals surface area (Å²) in [6.07, 6.45) is 1.54. The highest BCUT2D eigenvalue weighted by Gasteiger charge is 2.29. The summed E-state index contributed by atoms with van der Waals surface area (Å²) in [6, 6.07) is 16.5. The molecule has 0 spiro atoms. The van der Waals surface area contributed by atoms with Crippen molar-refractivity contribution in [2.24, 2.45) is 11.7 Å². The lowest BCUT2D eigenvalue weighted by Gasteiger charge is -2.32. The number of nitro groups is 1. The van der Waals surface area contributed by atoms with E-state index in [9.17, 15) is 31.7 Å². The van der Waals surface area contributed by atoms with Crippen molar-refractivity contribution < 1.29 is 35.8 Å². The normalized spacial score (nSPS) is 15.6. The van der Waals surface area contributed by atoms with E-state index < -0.39 is 37.1 Å². The fourth-order valence-corrected chi connectivity index (χ4v) is 6.49. The molecule has 1 aliphatic rings. The third kappa shape index (κ3) is 11.3. The zero-order valence-corrected chi connectivity index (χ0v) is 28.5. The lowest BCUT2D eigenvalue weighted by atomic mass is 9.99. The van der Waals surface area contributed by atoms with Crippen LogP contribution in [-0.2, 0) is 36.1 Å². The fraction of sp³-hybridized carbons (Fsp3) is 0.310. The third-order valence-corrected chi connectivity index (χ3v) is 10.0. The Kier molecular flexibility index (Phi) is 13.0. The molecule has 3 aromatic rings. The van der Waals surface area contributed by atoms with Gasteiger partial charge in [-0.1, -0.05) is 29.8 Å². The van der Waals surface area contributed by atoms with Gasteiger partial charge in [0.05, 0.1) is 21.3 Å². The van der Waals surface area contributed by atoms with Crippen LogP contribution in [0, 0.1) is 31.9 Å². The number of non-ortho nitro benzene ring substituents is 1. The van der Waals surface area contributed by atoms with Crippen molar-refractivity contribution in [3.63, 3.8) is 0 Å². The summed E-state index contributed by atoms with van der Waals surface area (Å²) in [4.78, 5) is 25.0. The van der Waals surface area contributed by atoms with E-state index >= 15 is 0 Å². The van der Waals surface area contributed by atoms with Crippen LogP contribution >= 0.6 is 22.6 Å². The number of benzene rings is 3. The molecule has 3 aromatic carbocycles. The van der Waals surface area contributed by atoms with E-state index in [1.54, 1.807) is 29.2 Å². The minimum absolute atomic E-state index is 0.00351. The van der Waals surface area contributed by atoms with E-state index in [1.807, 2.05) is 6.92 Å². The Hall–Kier alpha value is -3.65. The van der Waals surface area contributed by atoms with Crippen molar-refractivity contribution in [3.8, 4) is 0 Å². The molecule has 46 heavy (non-hydrogen) atoms. The predicted octanol–water partition coefficient (Wildman–Crippen LogP) is 3.48. The average Bonchev–Trinajstić information content (AvgIpc) is 3.00. The molecule has 0 amide bonds. The van der Waals surface area contributed by atoms with Crippen molar-refractivity contribution in [3.05, 3.63) is 97.6 Å². The van der Waals surface area contributed by atoms with Gasteiger partial charge in [0.1, 0.15) is 6.04 Å². The summed E-state index contributed by atoms with van der Waals surface area (Å²) < 4.78 is 64.3. The Bertz CT molecular complexity index is 1740. The number of ether oxygens (including phenoxy) is 1. The average molecular weight is 788 g/mol. The maximum absolute atomic E-state index is 13.0. The predicted molar refractivity (Wildman–Crippen MR) is 178 cm³/mol. The maximum Gasteiger partial charge on any atom is 0.324 e. The van der Waals surface area contributed by atoms with Crippen LogP contribution in [0.15, 0.2) is 82.6 Å². The molecule has 1 heterocycles. The van der Waals surface area contributed by atoms with Crippen LogP contribution < -0.4 is 10.5 Å². The highest BCUT2D eigenvalue weighted by molar-refractivity contribution is 14.1. The number of nitrogens with two attached hydrogens (primary N) is 1. The summed E-state index contributed by atoms with van der Waals surface area (Å²) in [5.41, 5.74) is 6.94. The molecular weight excluding hydrogens is 753 g/mol. The molecule has 0 bridgehead atoms. The first-order valence-corrected chi connectivity index (χ1v) is 17.9. The number of aryl methyl sites for hydroxylation is 1. The smallest absolute Gasteiger partial charge is 0.324 e. The van der Waals surface area contributed by atoms with Crippen LogP contribution in [0.4, 0.5) is 5.69 Å². The number of nitrogens with zero attached hydrogens (tertiary/aromatic N) is 2. The van der Waals surface area contributed by atoms with Gasteiger partial charge in [-0.2, -0.15) is 13.1 Å². The number of rotatable bonds is 10. The number of guanidine groups is 1. The number of hydrogen-bond donors (Lipinski definition) is 4. The second-order valence-corrected chi connectivity index (χ2v) is 14.9. The first kappa shape index (κ1) is 36.8. The second kappa shape index (κ2) is 16.3. The van der Waals surface area contributed by atoms with E-state index in [2.05, 4.69) is 27.3 Å². The van der Waals surface area contributed by atoms with Gasteiger partial charge < -0.3 is 15.4 Å². The Morgan fingerprint density at radius 2 is 1.67 bits per heavy atom. The molecule has 0 aliphatic carbocycles. The number of piperidine rings is 1. The molecule has 0 radical (unpaired) electrons. The van der Waals surface area contributed by atoms with Crippen LogP contribution in [0.2, 0.25) is 0 Å². The van der Waals surface area contributed by atoms with E-state index in [1.165, 1.54) is 48.5 Å². The van der Waals surface area contributed by atoms with Gasteiger partial charge >= 0.3 is 5.97 Å². The Morgan fingerprint density at radius 3 is 2.22 bits per heavy atom. The van der Waals surface area contributed by atoms with Crippen LogP contribution in [0.1, 0.15) is 24.0 Å². The zero-order chi connectivity index (χ0) is 34.1. The number of sulfonamides is 1. The van der Waals surface area contributed by atoms with E-state index in [0.29, 0.717) is 18.7 Å². The van der Waals surface area contributed by atoms with Crippen LogP contribution in [-0.4, -0.2) is 68.9 Å². The van der Waals surface area contributed by atoms with Crippen molar-refractivity contribution in [2.75, 3.05) is 19.7 Å². The number of carbonyl (C=O) groups is 1. The molecule has 0 unspecified atom stereocenters. The summed E-state index contributed by atoms with van der Waals surface area (Å²) in [7, 11) is -8.06. The molecule has 5 N–H and O–H groups in total. The molecule has 14 nitrogen and oxygen atoms in total. The quantitative estimate of drug-likeness (QED) is 0.0443. The fourth-order valence-electron chi connectivity index (χ4n) is 4.46. The minimum atomic E-state index is -4.04. The van der Waals surface area contributed by atoms with Crippen molar-refractivity contribution >= 4 is 60.3 Å².